The molecule has 2 rings (SSSR count). The molecule has 9 heteroatoms. The van der Waals surface area contributed by atoms with Crippen molar-refractivity contribution in [3.63, 3.8) is 0 Å². The summed E-state index contributed by atoms with van der Waals surface area (Å²) in [5.41, 5.74) is -0.673. The van der Waals surface area contributed by atoms with Crippen molar-refractivity contribution in [2.45, 2.75) is 45.1 Å². The van der Waals surface area contributed by atoms with E-state index in [4.69, 9.17) is 9.47 Å². The van der Waals surface area contributed by atoms with Crippen molar-refractivity contribution in [2.24, 2.45) is 5.92 Å². The summed E-state index contributed by atoms with van der Waals surface area (Å²) in [5, 5.41) is 0. The summed E-state index contributed by atoms with van der Waals surface area (Å²) < 4.78 is 9.85. The number of nitrogens with zero attached hydrogens (tertiary/aromatic N) is 2. The van der Waals surface area contributed by atoms with Gasteiger partial charge in [0.25, 0.3) is 0 Å². The van der Waals surface area contributed by atoms with Crippen LogP contribution in [-0.2, 0) is 28.7 Å². The van der Waals surface area contributed by atoms with Gasteiger partial charge >= 0.3 is 11.9 Å². The number of esters is 2. The summed E-state index contributed by atoms with van der Waals surface area (Å²) >= 11 is 0. The topological polar surface area (TPSA) is 93.2 Å². The zero-order valence-electron chi connectivity index (χ0n) is 19.2. The van der Waals surface area contributed by atoms with E-state index < -0.39 is 23.3 Å². The van der Waals surface area contributed by atoms with Crippen LogP contribution in [0.2, 0.25) is 0 Å². The average molecular weight is 469 g/mol. The summed E-state index contributed by atoms with van der Waals surface area (Å²) in [4.78, 5) is 54.0. The van der Waals surface area contributed by atoms with Crippen molar-refractivity contribution in [3.8, 4) is 0 Å². The number of para-hydroxylation sites is 1. The van der Waals surface area contributed by atoms with Crippen molar-refractivity contribution in [1.82, 2.24) is 4.90 Å². The highest BCUT2D eigenvalue weighted by molar-refractivity contribution is 6.11. The Kier molecular flexibility index (Phi) is 10.8. The number of piperidine rings is 1. The molecule has 1 amide bonds. The lowest BCUT2D eigenvalue weighted by atomic mass is 9.83. The molecule has 1 heterocycles. The van der Waals surface area contributed by atoms with E-state index in [1.807, 2.05) is 6.07 Å². The van der Waals surface area contributed by atoms with Crippen LogP contribution in [0.3, 0.4) is 0 Å². The van der Waals surface area contributed by atoms with Crippen molar-refractivity contribution < 1.29 is 28.7 Å². The molecule has 32 heavy (non-hydrogen) atoms. The number of rotatable bonds is 9. The van der Waals surface area contributed by atoms with Crippen molar-refractivity contribution in [1.29, 1.82) is 0 Å². The first kappa shape index (κ1) is 27.6. The number of anilines is 1. The van der Waals surface area contributed by atoms with E-state index in [-0.39, 0.29) is 37.0 Å². The number of methoxy groups -OCH3 is 2. The summed E-state index contributed by atoms with van der Waals surface area (Å²) in [6.45, 7) is 4.81. The average Bonchev–Trinajstić information content (AvgIpc) is 2.82. The number of amides is 1. The highest BCUT2D eigenvalue weighted by atomic mass is 35.5. The van der Waals surface area contributed by atoms with Crippen molar-refractivity contribution in [2.75, 3.05) is 38.8 Å². The fourth-order valence-corrected chi connectivity index (χ4v) is 4.01. The number of benzene rings is 1. The summed E-state index contributed by atoms with van der Waals surface area (Å²) in [5.74, 6) is -2.26. The second-order valence-electron chi connectivity index (χ2n) is 7.74. The van der Waals surface area contributed by atoms with Gasteiger partial charge < -0.3 is 14.4 Å². The Morgan fingerprint density at radius 1 is 1.06 bits per heavy atom. The number of Topliss-reactive ketones (excluding diaryl/α,β-unsaturated/α-hetero) is 1. The SMILES string of the molecule is CCC(=O)C(C)C(=O)N(c1ccccc1)C1(C(=O)OC)CCN(CCC(=O)OC)CC1.Cl. The van der Waals surface area contributed by atoms with Gasteiger partial charge in [0, 0.05) is 31.7 Å². The molecular formula is C23H33ClN2O6. The lowest BCUT2D eigenvalue weighted by Gasteiger charge is -2.47. The third-order valence-corrected chi connectivity index (χ3v) is 5.97. The van der Waals surface area contributed by atoms with Crippen LogP contribution in [-0.4, -0.2) is 67.9 Å². The Morgan fingerprint density at radius 2 is 1.66 bits per heavy atom. The predicted molar refractivity (Wildman–Crippen MR) is 123 cm³/mol. The Bertz CT molecular complexity index is 793. The third kappa shape index (κ3) is 6.07. The summed E-state index contributed by atoms with van der Waals surface area (Å²) in [6.07, 6.45) is 1.15. The highest BCUT2D eigenvalue weighted by Gasteiger charge is 2.51. The van der Waals surface area contributed by atoms with E-state index >= 15 is 0 Å². The lowest BCUT2D eigenvalue weighted by molar-refractivity contribution is -0.152. The Balaban J connectivity index is 0.00000512. The van der Waals surface area contributed by atoms with E-state index in [0.717, 1.165) is 0 Å². The van der Waals surface area contributed by atoms with Crippen LogP contribution >= 0.6 is 12.4 Å². The monoisotopic (exact) mass is 468 g/mol. The largest absolute Gasteiger partial charge is 0.469 e. The fraction of sp³-hybridized carbons (Fsp3) is 0.565. The van der Waals surface area contributed by atoms with Crippen LogP contribution in [0.4, 0.5) is 5.69 Å². The molecule has 1 fully saturated rings. The molecule has 0 radical (unpaired) electrons. The molecule has 0 aromatic heterocycles. The maximum absolute atomic E-state index is 13.5. The summed E-state index contributed by atoms with van der Waals surface area (Å²) in [6, 6.07) is 8.93. The molecule has 0 spiro atoms. The van der Waals surface area contributed by atoms with Gasteiger partial charge in [-0.2, -0.15) is 0 Å². The van der Waals surface area contributed by atoms with Gasteiger partial charge in [0.2, 0.25) is 5.91 Å². The van der Waals surface area contributed by atoms with Crippen LogP contribution in [0.15, 0.2) is 30.3 Å². The van der Waals surface area contributed by atoms with Gasteiger partial charge in [0.15, 0.2) is 0 Å². The zero-order chi connectivity index (χ0) is 23.0. The zero-order valence-corrected chi connectivity index (χ0v) is 20.0. The Hall–Kier alpha value is -2.45. The first-order valence-electron chi connectivity index (χ1n) is 10.6. The van der Waals surface area contributed by atoms with Crippen LogP contribution in [0.1, 0.15) is 39.5 Å². The summed E-state index contributed by atoms with van der Waals surface area (Å²) in [7, 11) is 2.66. The minimum absolute atomic E-state index is 0. The second kappa shape index (κ2) is 12.6. The molecule has 1 aliphatic rings. The highest BCUT2D eigenvalue weighted by Crippen LogP contribution is 2.36. The van der Waals surface area contributed by atoms with Gasteiger partial charge in [0.05, 0.1) is 26.6 Å². The van der Waals surface area contributed by atoms with Gasteiger partial charge in [-0.25, -0.2) is 4.79 Å². The van der Waals surface area contributed by atoms with Gasteiger partial charge in [-0.1, -0.05) is 25.1 Å². The molecule has 8 nitrogen and oxygen atoms in total. The van der Waals surface area contributed by atoms with E-state index in [1.54, 1.807) is 38.1 Å². The first-order chi connectivity index (χ1) is 14.8. The maximum Gasteiger partial charge on any atom is 0.332 e. The van der Waals surface area contributed by atoms with E-state index in [2.05, 4.69) is 4.90 Å². The molecule has 1 atom stereocenters. The number of hydrogen-bond acceptors (Lipinski definition) is 7. The first-order valence-corrected chi connectivity index (χ1v) is 10.6. The predicted octanol–water partition coefficient (Wildman–Crippen LogP) is 2.63. The van der Waals surface area contributed by atoms with Crippen LogP contribution in [0.5, 0.6) is 0 Å². The van der Waals surface area contributed by atoms with Gasteiger partial charge in [-0.15, -0.1) is 12.4 Å². The maximum atomic E-state index is 13.5. The minimum atomic E-state index is -1.22. The van der Waals surface area contributed by atoms with E-state index in [1.165, 1.54) is 19.1 Å². The third-order valence-electron chi connectivity index (χ3n) is 5.97. The van der Waals surface area contributed by atoms with Crippen molar-refractivity contribution in [3.05, 3.63) is 30.3 Å². The van der Waals surface area contributed by atoms with Crippen LogP contribution in [0, 0.1) is 5.92 Å². The molecular weight excluding hydrogens is 436 g/mol. The molecule has 1 aliphatic heterocycles. The number of likely N-dealkylation sites (tertiary alicyclic amines) is 1. The number of carbonyl (C=O) groups is 4. The molecule has 178 valence electrons. The molecule has 1 aromatic carbocycles. The Labute approximate surface area is 195 Å². The molecule has 1 aromatic rings. The number of ketones is 1. The second-order valence-corrected chi connectivity index (χ2v) is 7.74. The smallest absolute Gasteiger partial charge is 0.332 e. The quantitative estimate of drug-likeness (QED) is 0.406. The molecule has 0 bridgehead atoms. The van der Waals surface area contributed by atoms with Gasteiger partial charge in [0.1, 0.15) is 11.3 Å². The number of hydrogen-bond donors (Lipinski definition) is 0. The molecule has 1 saturated heterocycles. The number of ether oxygens (including phenoxy) is 2. The molecule has 0 N–H and O–H groups in total. The molecule has 1 unspecified atom stereocenters. The van der Waals surface area contributed by atoms with Crippen LogP contribution in [0.25, 0.3) is 0 Å². The molecule has 0 aliphatic carbocycles. The van der Waals surface area contributed by atoms with Crippen LogP contribution < -0.4 is 4.90 Å². The minimum Gasteiger partial charge on any atom is -0.469 e. The number of halogens is 1. The Morgan fingerprint density at radius 3 is 2.16 bits per heavy atom. The normalized spacial score (nSPS) is 16.2. The van der Waals surface area contributed by atoms with Gasteiger partial charge in [-0.05, 0) is 31.9 Å². The standard InChI is InChI=1S/C23H32N2O6.ClH/c1-5-19(26)17(2)21(28)25(18-9-7-6-8-10-18)23(22(29)31-4)12-15-24(16-13-23)14-11-20(27)30-3;/h6-10,17H,5,11-16H2,1-4H3;1H. The van der Waals surface area contributed by atoms with Gasteiger partial charge in [-0.3, -0.25) is 19.3 Å². The number of carbonyl (C=O) groups excluding carboxylic acids is 4. The van der Waals surface area contributed by atoms with Crippen molar-refractivity contribution >= 4 is 41.7 Å². The fourth-order valence-electron chi connectivity index (χ4n) is 4.01. The molecule has 0 saturated carbocycles. The van der Waals surface area contributed by atoms with E-state index in [9.17, 15) is 19.2 Å². The van der Waals surface area contributed by atoms with E-state index in [0.29, 0.717) is 38.2 Å². The lowest BCUT2D eigenvalue weighted by Crippen LogP contribution is -2.64.